The van der Waals surface area contributed by atoms with Gasteiger partial charge in [-0.1, -0.05) is 11.6 Å². The highest BCUT2D eigenvalue weighted by atomic mass is 35.5. The summed E-state index contributed by atoms with van der Waals surface area (Å²) in [5, 5.41) is 3.64. The highest BCUT2D eigenvalue weighted by Crippen LogP contribution is 2.14. The number of aromatic nitrogens is 2. The third-order valence-electron chi connectivity index (χ3n) is 2.09. The summed E-state index contributed by atoms with van der Waals surface area (Å²) in [5.41, 5.74) is 0.825. The van der Waals surface area contributed by atoms with Gasteiger partial charge in [0.2, 0.25) is 0 Å². The van der Waals surface area contributed by atoms with E-state index in [1.54, 1.807) is 6.07 Å². The van der Waals surface area contributed by atoms with Crippen LogP contribution in [0, 0.1) is 6.92 Å². The predicted octanol–water partition coefficient (Wildman–Crippen LogP) is 1.60. The van der Waals surface area contributed by atoms with Crippen LogP contribution >= 0.6 is 24.0 Å². The summed E-state index contributed by atoms with van der Waals surface area (Å²) in [7, 11) is 0. The number of nitrogens with zero attached hydrogens (tertiary/aromatic N) is 2. The number of ether oxygens (including phenoxy) is 1. The topological polar surface area (TPSA) is 47.0 Å². The molecule has 1 aromatic rings. The average Bonchev–Trinajstić information content (AvgIpc) is 2.54. The van der Waals surface area contributed by atoms with Gasteiger partial charge in [-0.25, -0.2) is 4.98 Å². The van der Waals surface area contributed by atoms with Crippen molar-refractivity contribution in [2.75, 3.05) is 13.1 Å². The molecule has 6 heteroatoms. The third-order valence-corrected chi connectivity index (χ3v) is 2.28. The summed E-state index contributed by atoms with van der Waals surface area (Å²) in [5.74, 6) is 0. The minimum atomic E-state index is 0. The molecule has 0 spiro atoms. The van der Waals surface area contributed by atoms with Crippen molar-refractivity contribution in [3.05, 3.63) is 16.9 Å². The van der Waals surface area contributed by atoms with Crippen LogP contribution in [-0.2, 0) is 0 Å². The lowest BCUT2D eigenvalue weighted by atomic mass is 10.3. The van der Waals surface area contributed by atoms with Gasteiger partial charge < -0.3 is 10.1 Å². The van der Waals surface area contributed by atoms with Gasteiger partial charge in [-0.05, 0) is 26.0 Å². The maximum Gasteiger partial charge on any atom is 0.318 e. The first-order valence-electron chi connectivity index (χ1n) is 4.62. The van der Waals surface area contributed by atoms with Gasteiger partial charge in [0.15, 0.2) is 0 Å². The Kier molecular flexibility index (Phi) is 4.57. The van der Waals surface area contributed by atoms with Crippen LogP contribution in [0.5, 0.6) is 6.01 Å². The largest absolute Gasteiger partial charge is 0.459 e. The standard InChI is InChI=1S/C9H12ClN3O.ClH/c1-6-4-8(10)13-9(12-6)14-7-2-3-11-5-7;/h4,7,11H,2-3,5H2,1H3;1H/t7-;/m0./s1. The van der Waals surface area contributed by atoms with Crippen LogP contribution < -0.4 is 10.1 Å². The molecule has 15 heavy (non-hydrogen) atoms. The van der Waals surface area contributed by atoms with E-state index in [9.17, 15) is 0 Å². The molecule has 4 nitrogen and oxygen atoms in total. The van der Waals surface area contributed by atoms with Crippen molar-refractivity contribution in [1.29, 1.82) is 0 Å². The molecule has 0 amide bonds. The van der Waals surface area contributed by atoms with Crippen molar-refractivity contribution in [3.8, 4) is 6.01 Å². The Morgan fingerprint density at radius 1 is 1.53 bits per heavy atom. The SMILES string of the molecule is Cc1cc(Cl)nc(O[C@H]2CCNC2)n1.Cl. The molecule has 2 rings (SSSR count). The summed E-state index contributed by atoms with van der Waals surface area (Å²) in [4.78, 5) is 8.15. The van der Waals surface area contributed by atoms with Gasteiger partial charge in [-0.15, -0.1) is 12.4 Å². The van der Waals surface area contributed by atoms with Crippen molar-refractivity contribution in [2.24, 2.45) is 0 Å². The number of aryl methyl sites for hydroxylation is 1. The van der Waals surface area contributed by atoms with Crippen LogP contribution in [0.1, 0.15) is 12.1 Å². The molecular weight excluding hydrogens is 237 g/mol. The second-order valence-electron chi connectivity index (χ2n) is 3.35. The summed E-state index contributed by atoms with van der Waals surface area (Å²) in [6, 6.07) is 2.09. The third kappa shape index (κ3) is 3.48. The molecule has 1 aliphatic rings. The quantitative estimate of drug-likeness (QED) is 0.810. The minimum Gasteiger partial charge on any atom is -0.459 e. The molecule has 0 bridgehead atoms. The molecule has 0 aromatic carbocycles. The van der Waals surface area contributed by atoms with E-state index in [-0.39, 0.29) is 18.5 Å². The number of nitrogens with one attached hydrogen (secondary N) is 1. The number of halogens is 2. The normalized spacial score (nSPS) is 19.7. The van der Waals surface area contributed by atoms with Gasteiger partial charge in [-0.3, -0.25) is 0 Å². The summed E-state index contributed by atoms with van der Waals surface area (Å²) < 4.78 is 5.57. The molecule has 1 aromatic heterocycles. The molecule has 1 fully saturated rings. The summed E-state index contributed by atoms with van der Waals surface area (Å²) in [6.45, 7) is 3.71. The molecule has 1 atom stereocenters. The molecule has 1 aliphatic heterocycles. The molecule has 0 aliphatic carbocycles. The first-order chi connectivity index (χ1) is 6.74. The van der Waals surface area contributed by atoms with Crippen LogP contribution in [0.25, 0.3) is 0 Å². The fourth-order valence-corrected chi connectivity index (χ4v) is 1.66. The van der Waals surface area contributed by atoms with E-state index in [1.807, 2.05) is 6.92 Å². The molecular formula is C9H13Cl2N3O. The van der Waals surface area contributed by atoms with Crippen molar-refractivity contribution in [2.45, 2.75) is 19.4 Å². The van der Waals surface area contributed by atoms with Crippen LogP contribution in [0.3, 0.4) is 0 Å². The Hall–Kier alpha value is -0.580. The minimum absolute atomic E-state index is 0. The number of rotatable bonds is 2. The van der Waals surface area contributed by atoms with E-state index in [4.69, 9.17) is 16.3 Å². The lowest BCUT2D eigenvalue weighted by Crippen LogP contribution is -2.20. The van der Waals surface area contributed by atoms with E-state index >= 15 is 0 Å². The second-order valence-corrected chi connectivity index (χ2v) is 3.73. The zero-order valence-corrected chi connectivity index (χ0v) is 9.94. The predicted molar refractivity (Wildman–Crippen MR) is 60.9 cm³/mol. The maximum atomic E-state index is 5.79. The van der Waals surface area contributed by atoms with Crippen LogP contribution in [0.4, 0.5) is 0 Å². The first kappa shape index (κ1) is 12.5. The summed E-state index contributed by atoms with van der Waals surface area (Å²) >= 11 is 5.79. The van der Waals surface area contributed by atoms with E-state index in [1.165, 1.54) is 0 Å². The Morgan fingerprint density at radius 2 is 2.33 bits per heavy atom. The van der Waals surface area contributed by atoms with Gasteiger partial charge >= 0.3 is 6.01 Å². The van der Waals surface area contributed by atoms with Gasteiger partial charge in [0.1, 0.15) is 11.3 Å². The molecule has 0 saturated carbocycles. The Balaban J connectivity index is 0.00000112. The molecule has 1 N–H and O–H groups in total. The van der Waals surface area contributed by atoms with Crippen molar-refractivity contribution in [1.82, 2.24) is 15.3 Å². The Labute approximate surface area is 99.8 Å². The van der Waals surface area contributed by atoms with Crippen LogP contribution in [0.15, 0.2) is 6.07 Å². The van der Waals surface area contributed by atoms with E-state index < -0.39 is 0 Å². The zero-order valence-electron chi connectivity index (χ0n) is 8.36. The maximum absolute atomic E-state index is 5.79. The van der Waals surface area contributed by atoms with Crippen LogP contribution in [-0.4, -0.2) is 29.2 Å². The molecule has 0 unspecified atom stereocenters. The first-order valence-corrected chi connectivity index (χ1v) is 5.00. The number of hydrogen-bond acceptors (Lipinski definition) is 4. The molecule has 1 saturated heterocycles. The average molecular weight is 250 g/mol. The van der Waals surface area contributed by atoms with E-state index in [0.29, 0.717) is 11.2 Å². The van der Waals surface area contributed by atoms with Gasteiger partial charge in [-0.2, -0.15) is 4.98 Å². The highest BCUT2D eigenvalue weighted by Gasteiger charge is 2.17. The zero-order chi connectivity index (χ0) is 9.97. The van der Waals surface area contributed by atoms with Gasteiger partial charge in [0, 0.05) is 12.2 Å². The smallest absolute Gasteiger partial charge is 0.318 e. The monoisotopic (exact) mass is 249 g/mol. The van der Waals surface area contributed by atoms with E-state index in [0.717, 1.165) is 25.2 Å². The second kappa shape index (κ2) is 5.49. The Bertz CT molecular complexity index is 309. The highest BCUT2D eigenvalue weighted by molar-refractivity contribution is 6.29. The molecule has 84 valence electrons. The van der Waals surface area contributed by atoms with Gasteiger partial charge in [0.25, 0.3) is 0 Å². The molecule has 0 radical (unpaired) electrons. The molecule has 2 heterocycles. The number of hydrogen-bond donors (Lipinski definition) is 1. The Morgan fingerprint density at radius 3 is 2.93 bits per heavy atom. The van der Waals surface area contributed by atoms with Crippen molar-refractivity contribution in [3.63, 3.8) is 0 Å². The van der Waals surface area contributed by atoms with Crippen molar-refractivity contribution < 1.29 is 4.74 Å². The van der Waals surface area contributed by atoms with Crippen LogP contribution in [0.2, 0.25) is 5.15 Å². The fourth-order valence-electron chi connectivity index (χ4n) is 1.43. The summed E-state index contributed by atoms with van der Waals surface area (Å²) in [6.07, 6.45) is 1.17. The fraction of sp³-hybridized carbons (Fsp3) is 0.556. The van der Waals surface area contributed by atoms with Gasteiger partial charge in [0.05, 0.1) is 0 Å². The lowest BCUT2D eigenvalue weighted by Gasteiger charge is -2.10. The van der Waals surface area contributed by atoms with E-state index in [2.05, 4.69) is 15.3 Å². The lowest BCUT2D eigenvalue weighted by molar-refractivity contribution is 0.204. The van der Waals surface area contributed by atoms with Crippen molar-refractivity contribution >= 4 is 24.0 Å².